The quantitative estimate of drug-likeness (QED) is 0.325. The van der Waals surface area contributed by atoms with Crippen LogP contribution in [-0.4, -0.2) is 9.61 Å². The molecule has 6 rings (SSSR count). The Balaban J connectivity index is 1.92. The summed E-state index contributed by atoms with van der Waals surface area (Å²) in [6.45, 7) is 0.522. The minimum atomic E-state index is 0.522. The maximum absolute atomic E-state index is 5.64. The summed E-state index contributed by atoms with van der Waals surface area (Å²) in [6.07, 6.45) is 5.64. The van der Waals surface area contributed by atoms with Gasteiger partial charge in [-0.1, -0.05) is 64.1 Å². The molecule has 0 fully saturated rings. The molecule has 0 radical (unpaired) electrons. The van der Waals surface area contributed by atoms with Crippen LogP contribution < -0.4 is 4.57 Å². The average molecular weight is 332 g/mol. The maximum Gasteiger partial charge on any atom is 0.309 e. The molecule has 0 spiro atoms. The van der Waals surface area contributed by atoms with Crippen LogP contribution >= 0.6 is 0 Å². The van der Waals surface area contributed by atoms with Crippen LogP contribution in [0.25, 0.3) is 49.1 Å². The van der Waals surface area contributed by atoms with Crippen LogP contribution in [0.3, 0.4) is 0 Å². The molecule has 26 heavy (non-hydrogen) atoms. The van der Waals surface area contributed by atoms with Gasteiger partial charge in [-0.3, -0.25) is 0 Å². The summed E-state index contributed by atoms with van der Waals surface area (Å²) in [6, 6.07) is 23.4. The zero-order valence-corrected chi connectivity index (χ0v) is 14.0. The Kier molecular flexibility index (Phi) is 2.47. The molecule has 4 aromatic carbocycles. The Morgan fingerprint density at radius 1 is 0.923 bits per heavy atom. The van der Waals surface area contributed by atoms with Gasteiger partial charge >= 0.3 is 5.65 Å². The van der Waals surface area contributed by atoms with Crippen LogP contribution in [0.5, 0.6) is 0 Å². The van der Waals surface area contributed by atoms with E-state index in [4.69, 9.17) is 11.5 Å². The van der Waals surface area contributed by atoms with Crippen molar-refractivity contribution in [1.82, 2.24) is 9.61 Å². The van der Waals surface area contributed by atoms with Gasteiger partial charge in [-0.05, 0) is 28.3 Å². The number of terminal acetylenes is 1. The maximum atomic E-state index is 5.64. The van der Waals surface area contributed by atoms with E-state index in [1.807, 2.05) is 16.6 Å². The van der Waals surface area contributed by atoms with Crippen LogP contribution in [0.1, 0.15) is 0 Å². The molecule has 0 amide bonds. The van der Waals surface area contributed by atoms with Crippen LogP contribution in [0.4, 0.5) is 0 Å². The van der Waals surface area contributed by atoms with Crippen molar-refractivity contribution in [2.75, 3.05) is 0 Å². The van der Waals surface area contributed by atoms with E-state index in [-0.39, 0.29) is 0 Å². The molecule has 0 aliphatic carbocycles. The summed E-state index contributed by atoms with van der Waals surface area (Å²) < 4.78 is 4.18. The number of fused-ring (bicyclic) bond motifs is 6. The van der Waals surface area contributed by atoms with E-state index in [2.05, 4.69) is 65.1 Å². The number of benzene rings is 3. The lowest BCUT2D eigenvalue weighted by molar-refractivity contribution is -0.632. The number of imidazole rings is 1. The first-order chi connectivity index (χ1) is 12.9. The van der Waals surface area contributed by atoms with E-state index < -0.39 is 0 Å². The first-order valence-electron chi connectivity index (χ1n) is 8.67. The summed E-state index contributed by atoms with van der Waals surface area (Å²) in [5, 5.41) is 11.2. The number of rotatable bonds is 1. The van der Waals surface area contributed by atoms with Crippen molar-refractivity contribution in [3.63, 3.8) is 0 Å². The Morgan fingerprint density at radius 2 is 1.73 bits per heavy atom. The lowest BCUT2D eigenvalue weighted by Crippen LogP contribution is -2.32. The topological polar surface area (TPSA) is 21.2 Å². The first kappa shape index (κ1) is 13.6. The average Bonchev–Trinajstić information content (AvgIpc) is 3.17. The van der Waals surface area contributed by atoms with Crippen molar-refractivity contribution in [3.05, 3.63) is 66.7 Å². The van der Waals surface area contributed by atoms with E-state index in [0.717, 1.165) is 22.2 Å². The SMILES string of the molecule is C#CC[n+]1c2ccccc2n2nc3c(cc21)c1cccc2cccc3c21. The Bertz CT molecular complexity index is 1510. The normalized spacial score (nSPS) is 12.0. The Morgan fingerprint density at radius 3 is 2.58 bits per heavy atom. The lowest BCUT2D eigenvalue weighted by Gasteiger charge is -1.96. The third-order valence-corrected chi connectivity index (χ3v) is 5.32. The Hall–Kier alpha value is -3.64. The standard InChI is InChI=1S/C23H14N3/c1-2-13-25-19-11-3-4-12-20(19)26-21(25)14-18-16-9-5-7-15-8-6-10-17(22(15)16)23(18)24-26/h1,3-12,14H,13H2/q+1. The summed E-state index contributed by atoms with van der Waals surface area (Å²) in [5.74, 6) is 2.78. The number of nitrogens with zero attached hydrogens (tertiary/aromatic N) is 3. The van der Waals surface area contributed by atoms with E-state index in [1.54, 1.807) is 0 Å². The fourth-order valence-electron chi connectivity index (χ4n) is 4.25. The van der Waals surface area contributed by atoms with Gasteiger partial charge in [0, 0.05) is 16.8 Å². The van der Waals surface area contributed by atoms with Crippen molar-refractivity contribution in [2.45, 2.75) is 6.54 Å². The molecule has 3 heteroatoms. The fourth-order valence-corrected chi connectivity index (χ4v) is 4.25. The third-order valence-electron chi connectivity index (χ3n) is 5.32. The molecule has 0 saturated carbocycles. The van der Waals surface area contributed by atoms with Crippen LogP contribution in [-0.2, 0) is 6.54 Å². The van der Waals surface area contributed by atoms with Crippen LogP contribution in [0.2, 0.25) is 0 Å². The largest absolute Gasteiger partial charge is 0.309 e. The fraction of sp³-hybridized carbons (Fsp3) is 0.0435. The molecule has 0 N–H and O–H groups in total. The van der Waals surface area contributed by atoms with Crippen molar-refractivity contribution >= 4 is 49.1 Å². The van der Waals surface area contributed by atoms with Gasteiger partial charge in [0.1, 0.15) is 5.52 Å². The zero-order valence-electron chi connectivity index (χ0n) is 14.0. The lowest BCUT2D eigenvalue weighted by atomic mass is 10.1. The zero-order chi connectivity index (χ0) is 17.3. The molecule has 0 saturated heterocycles. The number of aromatic nitrogens is 3. The predicted octanol–water partition coefficient (Wildman–Crippen LogP) is 4.31. The molecular formula is C23H14N3+. The van der Waals surface area contributed by atoms with Gasteiger partial charge in [0.05, 0.1) is 0 Å². The van der Waals surface area contributed by atoms with Gasteiger partial charge in [-0.15, -0.1) is 6.42 Å². The second-order valence-electron chi connectivity index (χ2n) is 6.66. The van der Waals surface area contributed by atoms with Crippen molar-refractivity contribution in [3.8, 4) is 12.3 Å². The van der Waals surface area contributed by atoms with Gasteiger partial charge in [0.25, 0.3) is 0 Å². The van der Waals surface area contributed by atoms with E-state index in [1.165, 1.54) is 26.9 Å². The summed E-state index contributed by atoms with van der Waals surface area (Å²) in [5.41, 5.74) is 4.24. The molecule has 0 bridgehead atoms. The van der Waals surface area contributed by atoms with Gasteiger partial charge in [-0.2, -0.15) is 0 Å². The van der Waals surface area contributed by atoms with Gasteiger partial charge in [0.2, 0.25) is 5.52 Å². The minimum Gasteiger partial charge on any atom is -0.210 e. The molecule has 120 valence electrons. The smallest absolute Gasteiger partial charge is 0.210 e. The molecular weight excluding hydrogens is 318 g/mol. The predicted molar refractivity (Wildman–Crippen MR) is 105 cm³/mol. The second-order valence-corrected chi connectivity index (χ2v) is 6.66. The molecule has 2 heterocycles. The molecule has 0 aliphatic rings. The third kappa shape index (κ3) is 1.54. The molecule has 6 aromatic rings. The monoisotopic (exact) mass is 332 g/mol. The van der Waals surface area contributed by atoms with E-state index in [0.29, 0.717) is 6.54 Å². The molecule has 0 atom stereocenters. The first-order valence-corrected chi connectivity index (χ1v) is 8.67. The number of para-hydroxylation sites is 2. The second kappa shape index (κ2) is 4.71. The van der Waals surface area contributed by atoms with Crippen molar-refractivity contribution < 1.29 is 4.57 Å². The van der Waals surface area contributed by atoms with Crippen LogP contribution in [0.15, 0.2) is 66.7 Å². The number of hydrogen-bond acceptors (Lipinski definition) is 1. The van der Waals surface area contributed by atoms with Gasteiger partial charge < -0.3 is 0 Å². The molecule has 2 aromatic heterocycles. The van der Waals surface area contributed by atoms with E-state index >= 15 is 0 Å². The molecule has 0 unspecified atom stereocenters. The Labute approximate surface area is 149 Å². The van der Waals surface area contributed by atoms with Gasteiger partial charge in [-0.25, -0.2) is 4.57 Å². The number of hydrogen-bond donors (Lipinski definition) is 0. The summed E-state index contributed by atoms with van der Waals surface area (Å²) in [7, 11) is 0. The highest BCUT2D eigenvalue weighted by atomic mass is 15.3. The minimum absolute atomic E-state index is 0.522. The van der Waals surface area contributed by atoms with E-state index in [9.17, 15) is 0 Å². The van der Waals surface area contributed by atoms with Gasteiger partial charge in [0.15, 0.2) is 12.1 Å². The van der Waals surface area contributed by atoms with Crippen molar-refractivity contribution in [1.29, 1.82) is 0 Å². The molecule has 0 aliphatic heterocycles. The highest BCUT2D eigenvalue weighted by molar-refractivity contribution is 6.29. The summed E-state index contributed by atoms with van der Waals surface area (Å²) in [4.78, 5) is 0. The van der Waals surface area contributed by atoms with Crippen LogP contribution in [0, 0.1) is 12.3 Å². The molecule has 3 nitrogen and oxygen atoms in total. The highest BCUT2D eigenvalue weighted by Gasteiger charge is 2.23. The van der Waals surface area contributed by atoms with Crippen molar-refractivity contribution in [2.24, 2.45) is 0 Å². The summed E-state index contributed by atoms with van der Waals surface area (Å²) >= 11 is 0. The highest BCUT2D eigenvalue weighted by Crippen LogP contribution is 2.37.